The van der Waals surface area contributed by atoms with Crippen LogP contribution in [-0.2, 0) is 0 Å². The Bertz CT molecular complexity index is 646. The molecule has 1 aromatic carbocycles. The molecular formula is C13H13N3O3. The number of nitrogens with one attached hydrogen (secondary N) is 2. The maximum absolute atomic E-state index is 11.9. The van der Waals surface area contributed by atoms with Crippen LogP contribution in [0.4, 0.5) is 5.69 Å². The molecule has 6 nitrogen and oxygen atoms in total. The van der Waals surface area contributed by atoms with Crippen LogP contribution >= 0.6 is 0 Å². The third-order valence-electron chi connectivity index (χ3n) is 2.67. The number of carboxylic acids is 1. The van der Waals surface area contributed by atoms with Gasteiger partial charge in [0, 0.05) is 5.69 Å². The van der Waals surface area contributed by atoms with Crippen LogP contribution in [0, 0.1) is 13.8 Å². The first-order valence-electron chi connectivity index (χ1n) is 5.65. The van der Waals surface area contributed by atoms with Gasteiger partial charge in [-0.15, -0.1) is 0 Å². The van der Waals surface area contributed by atoms with Crippen molar-refractivity contribution in [3.8, 4) is 0 Å². The van der Waals surface area contributed by atoms with E-state index in [1.54, 1.807) is 38.1 Å². The molecular weight excluding hydrogens is 246 g/mol. The lowest BCUT2D eigenvalue weighted by Gasteiger charge is -2.09. The zero-order valence-electron chi connectivity index (χ0n) is 10.5. The molecule has 0 aliphatic carbocycles. The summed E-state index contributed by atoms with van der Waals surface area (Å²) in [7, 11) is 0. The number of aromatic nitrogens is 2. The Hall–Kier alpha value is -2.63. The Morgan fingerprint density at radius 2 is 2.05 bits per heavy atom. The van der Waals surface area contributed by atoms with E-state index in [0.717, 1.165) is 5.69 Å². The molecule has 0 saturated carbocycles. The number of aromatic carboxylic acids is 1. The smallest absolute Gasteiger partial charge is 0.338 e. The van der Waals surface area contributed by atoms with E-state index in [1.165, 1.54) is 0 Å². The summed E-state index contributed by atoms with van der Waals surface area (Å²) in [5, 5.41) is 18.2. The highest BCUT2D eigenvalue weighted by Gasteiger charge is 2.16. The number of carbonyl (C=O) groups excluding carboxylic acids is 1. The van der Waals surface area contributed by atoms with Crippen molar-refractivity contribution in [3.05, 3.63) is 46.8 Å². The number of carboxylic acid groups (broad SMARTS) is 1. The van der Waals surface area contributed by atoms with E-state index in [4.69, 9.17) is 5.11 Å². The molecule has 0 aliphatic heterocycles. The number of anilines is 1. The molecule has 1 aromatic heterocycles. The molecule has 19 heavy (non-hydrogen) atoms. The summed E-state index contributed by atoms with van der Waals surface area (Å²) in [5.74, 6) is -1.52. The van der Waals surface area contributed by atoms with Gasteiger partial charge in [-0.25, -0.2) is 4.79 Å². The summed E-state index contributed by atoms with van der Waals surface area (Å²) in [6, 6.07) is 6.50. The minimum Gasteiger partial charge on any atom is -0.478 e. The largest absolute Gasteiger partial charge is 0.478 e. The van der Waals surface area contributed by atoms with Crippen molar-refractivity contribution in [2.24, 2.45) is 0 Å². The first-order valence-corrected chi connectivity index (χ1v) is 5.65. The number of benzene rings is 1. The number of H-pyrrole nitrogens is 1. The van der Waals surface area contributed by atoms with Crippen molar-refractivity contribution in [2.45, 2.75) is 13.8 Å². The highest BCUT2D eigenvalue weighted by atomic mass is 16.4. The second-order valence-corrected chi connectivity index (χ2v) is 4.19. The van der Waals surface area contributed by atoms with Crippen LogP contribution in [0.3, 0.4) is 0 Å². The van der Waals surface area contributed by atoms with Gasteiger partial charge in [0.05, 0.1) is 11.3 Å². The molecule has 0 bridgehead atoms. The molecule has 3 N–H and O–H groups in total. The maximum atomic E-state index is 11.9. The lowest BCUT2D eigenvalue weighted by Crippen LogP contribution is -2.16. The van der Waals surface area contributed by atoms with E-state index in [-0.39, 0.29) is 16.9 Å². The predicted molar refractivity (Wildman–Crippen MR) is 69.4 cm³/mol. The molecule has 0 aliphatic rings. The summed E-state index contributed by atoms with van der Waals surface area (Å²) in [6.07, 6.45) is 0. The third kappa shape index (κ3) is 2.62. The van der Waals surface area contributed by atoms with Crippen LogP contribution in [-0.4, -0.2) is 27.2 Å². The molecule has 2 rings (SSSR count). The molecule has 0 radical (unpaired) electrons. The minimum atomic E-state index is -1.08. The number of nitrogens with zero attached hydrogens (tertiary/aromatic N) is 1. The van der Waals surface area contributed by atoms with Crippen molar-refractivity contribution < 1.29 is 14.7 Å². The monoisotopic (exact) mass is 259 g/mol. The van der Waals surface area contributed by atoms with Gasteiger partial charge in [0.2, 0.25) is 0 Å². The molecule has 0 atom stereocenters. The fraction of sp³-hybridized carbons (Fsp3) is 0.154. The van der Waals surface area contributed by atoms with Gasteiger partial charge in [0.15, 0.2) is 5.69 Å². The van der Waals surface area contributed by atoms with Gasteiger partial charge in [-0.2, -0.15) is 5.10 Å². The third-order valence-corrected chi connectivity index (χ3v) is 2.67. The Kier molecular flexibility index (Phi) is 3.33. The second-order valence-electron chi connectivity index (χ2n) is 4.19. The zero-order chi connectivity index (χ0) is 14.0. The molecule has 1 amide bonds. The average Bonchev–Trinajstić information content (AvgIpc) is 2.75. The Morgan fingerprint density at radius 3 is 2.63 bits per heavy atom. The highest BCUT2D eigenvalue weighted by molar-refractivity contribution is 6.07. The normalized spacial score (nSPS) is 10.2. The van der Waals surface area contributed by atoms with Crippen LogP contribution < -0.4 is 5.32 Å². The van der Waals surface area contributed by atoms with Crippen molar-refractivity contribution in [2.75, 3.05) is 5.32 Å². The lowest BCUT2D eigenvalue weighted by atomic mass is 10.1. The standard InChI is InChI=1S/C13H13N3O3/c1-7-4-3-5-9(11(7)13(18)19)14-12(17)10-6-8(2)15-16-10/h3-6H,1-2H3,(H,14,17)(H,15,16)(H,18,19). The van der Waals surface area contributed by atoms with Gasteiger partial charge in [-0.05, 0) is 31.5 Å². The molecule has 0 fully saturated rings. The van der Waals surface area contributed by atoms with Crippen molar-refractivity contribution in [1.82, 2.24) is 10.2 Å². The van der Waals surface area contributed by atoms with Gasteiger partial charge in [0.25, 0.3) is 5.91 Å². The van der Waals surface area contributed by atoms with E-state index < -0.39 is 11.9 Å². The van der Waals surface area contributed by atoms with E-state index >= 15 is 0 Å². The molecule has 98 valence electrons. The quantitative estimate of drug-likeness (QED) is 0.785. The fourth-order valence-corrected chi connectivity index (χ4v) is 1.78. The first-order chi connectivity index (χ1) is 8.99. The summed E-state index contributed by atoms with van der Waals surface area (Å²) in [4.78, 5) is 23.1. The van der Waals surface area contributed by atoms with E-state index in [1.807, 2.05) is 0 Å². The van der Waals surface area contributed by atoms with Gasteiger partial charge < -0.3 is 10.4 Å². The van der Waals surface area contributed by atoms with Crippen LogP contribution in [0.1, 0.15) is 32.1 Å². The number of aryl methyl sites for hydroxylation is 2. The molecule has 6 heteroatoms. The highest BCUT2D eigenvalue weighted by Crippen LogP contribution is 2.20. The van der Waals surface area contributed by atoms with Gasteiger partial charge in [0.1, 0.15) is 0 Å². The Balaban J connectivity index is 2.31. The van der Waals surface area contributed by atoms with E-state index in [2.05, 4.69) is 15.5 Å². The molecule has 2 aromatic rings. The minimum absolute atomic E-state index is 0.0862. The first kappa shape index (κ1) is 12.8. The van der Waals surface area contributed by atoms with Crippen LogP contribution in [0.25, 0.3) is 0 Å². The van der Waals surface area contributed by atoms with Crippen molar-refractivity contribution in [3.63, 3.8) is 0 Å². The summed E-state index contributed by atoms with van der Waals surface area (Å²) >= 11 is 0. The molecule has 1 heterocycles. The summed E-state index contributed by atoms with van der Waals surface area (Å²) < 4.78 is 0. The van der Waals surface area contributed by atoms with Gasteiger partial charge >= 0.3 is 5.97 Å². The Morgan fingerprint density at radius 1 is 1.32 bits per heavy atom. The Labute approximate surface area is 109 Å². The maximum Gasteiger partial charge on any atom is 0.338 e. The number of hydrogen-bond acceptors (Lipinski definition) is 3. The van der Waals surface area contributed by atoms with Gasteiger partial charge in [-0.1, -0.05) is 12.1 Å². The molecule has 0 unspecified atom stereocenters. The molecule has 0 saturated heterocycles. The number of hydrogen-bond donors (Lipinski definition) is 3. The molecule has 0 spiro atoms. The average molecular weight is 259 g/mol. The van der Waals surface area contributed by atoms with Crippen LogP contribution in [0.15, 0.2) is 24.3 Å². The number of rotatable bonds is 3. The SMILES string of the molecule is Cc1cc(C(=O)Nc2cccc(C)c2C(=O)O)n[nH]1. The zero-order valence-corrected chi connectivity index (χ0v) is 10.5. The van der Waals surface area contributed by atoms with Crippen LogP contribution in [0.5, 0.6) is 0 Å². The summed E-state index contributed by atoms with van der Waals surface area (Å²) in [5.41, 5.74) is 1.91. The second kappa shape index (κ2) is 4.93. The summed E-state index contributed by atoms with van der Waals surface area (Å²) in [6.45, 7) is 3.46. The lowest BCUT2D eigenvalue weighted by molar-refractivity contribution is 0.0697. The van der Waals surface area contributed by atoms with E-state index in [0.29, 0.717) is 5.56 Å². The number of carbonyl (C=O) groups is 2. The number of amides is 1. The van der Waals surface area contributed by atoms with Crippen LogP contribution in [0.2, 0.25) is 0 Å². The predicted octanol–water partition coefficient (Wildman–Crippen LogP) is 1.98. The van der Waals surface area contributed by atoms with Crippen molar-refractivity contribution in [1.29, 1.82) is 0 Å². The topological polar surface area (TPSA) is 95.1 Å². The fourth-order valence-electron chi connectivity index (χ4n) is 1.78. The number of aromatic amines is 1. The van der Waals surface area contributed by atoms with Gasteiger partial charge in [-0.3, -0.25) is 9.89 Å². The van der Waals surface area contributed by atoms with E-state index in [9.17, 15) is 9.59 Å². The van der Waals surface area contributed by atoms with Crippen molar-refractivity contribution >= 4 is 17.6 Å².